The molecule has 1 aromatic heterocycles. The summed E-state index contributed by atoms with van der Waals surface area (Å²) in [5.74, 6) is 0.851. The number of amides is 1. The predicted molar refractivity (Wildman–Crippen MR) is 93.6 cm³/mol. The van der Waals surface area contributed by atoms with Gasteiger partial charge in [-0.25, -0.2) is 0 Å². The molecule has 1 unspecified atom stereocenters. The molecule has 1 aromatic carbocycles. The lowest BCUT2D eigenvalue weighted by atomic mass is 9.94. The summed E-state index contributed by atoms with van der Waals surface area (Å²) < 4.78 is 5.67. The van der Waals surface area contributed by atoms with Crippen molar-refractivity contribution in [2.45, 2.75) is 32.2 Å². The zero-order valence-electron chi connectivity index (χ0n) is 13.8. The summed E-state index contributed by atoms with van der Waals surface area (Å²) in [5.41, 5.74) is -0.00969. The Kier molecular flexibility index (Phi) is 6.17. The Balaban J connectivity index is 2.12. The van der Waals surface area contributed by atoms with E-state index in [0.717, 1.165) is 6.42 Å². The topological polar surface area (TPSA) is 71.5 Å². The number of pyridine rings is 1. The maximum Gasteiger partial charge on any atom is 0.251 e. The van der Waals surface area contributed by atoms with Gasteiger partial charge in [-0.15, -0.1) is 0 Å². The minimum atomic E-state index is -0.454. The van der Waals surface area contributed by atoms with Crippen LogP contribution in [0.25, 0.3) is 0 Å². The number of aliphatic hydroxyl groups is 1. The lowest BCUT2D eigenvalue weighted by Crippen LogP contribution is -2.46. The number of carbonyl (C=O) groups is 1. The van der Waals surface area contributed by atoms with Crippen LogP contribution in [0.2, 0.25) is 5.02 Å². The highest BCUT2D eigenvalue weighted by Crippen LogP contribution is 2.30. The molecule has 1 amide bonds. The Labute approximate surface area is 146 Å². The van der Waals surface area contributed by atoms with Crippen molar-refractivity contribution in [1.82, 2.24) is 10.3 Å². The van der Waals surface area contributed by atoms with Crippen LogP contribution < -0.4 is 10.1 Å². The Hall–Kier alpha value is -2.11. The van der Waals surface area contributed by atoms with Crippen molar-refractivity contribution in [3.63, 3.8) is 0 Å². The third-order valence-electron chi connectivity index (χ3n) is 3.93. The highest BCUT2D eigenvalue weighted by atomic mass is 35.5. The van der Waals surface area contributed by atoms with Crippen LogP contribution in [0.3, 0.4) is 0 Å². The molecule has 2 N–H and O–H groups in total. The van der Waals surface area contributed by atoms with Crippen molar-refractivity contribution in [3.05, 3.63) is 53.3 Å². The molecular formula is C18H21ClN2O3. The van der Waals surface area contributed by atoms with Gasteiger partial charge in [0.25, 0.3) is 5.91 Å². The summed E-state index contributed by atoms with van der Waals surface area (Å²) in [6.07, 6.45) is 4.46. The van der Waals surface area contributed by atoms with Gasteiger partial charge in [0.05, 0.1) is 5.02 Å². The number of rotatable bonds is 7. The van der Waals surface area contributed by atoms with Crippen LogP contribution in [0.5, 0.6) is 11.5 Å². The number of aromatic nitrogens is 1. The standard InChI is InChI=1S/C18H21ClN2O3/c1-3-18(2,8-11-22)21-17(23)13-4-5-16(15(19)12-13)24-14-6-9-20-10-7-14/h4-7,9-10,12,22H,3,8,11H2,1-2H3,(H,21,23). The first kappa shape index (κ1) is 18.2. The van der Waals surface area contributed by atoms with E-state index in [0.29, 0.717) is 28.5 Å². The molecule has 0 aliphatic carbocycles. The van der Waals surface area contributed by atoms with Gasteiger partial charge in [-0.1, -0.05) is 18.5 Å². The Morgan fingerprint density at radius 1 is 1.33 bits per heavy atom. The van der Waals surface area contributed by atoms with E-state index < -0.39 is 5.54 Å². The first-order valence-electron chi connectivity index (χ1n) is 7.78. The average molecular weight is 349 g/mol. The summed E-state index contributed by atoms with van der Waals surface area (Å²) in [6.45, 7) is 3.89. The highest BCUT2D eigenvalue weighted by Gasteiger charge is 2.24. The second-order valence-electron chi connectivity index (χ2n) is 5.77. The smallest absolute Gasteiger partial charge is 0.251 e. The Bertz CT molecular complexity index is 694. The molecule has 1 atom stereocenters. The van der Waals surface area contributed by atoms with Crippen LogP contribution in [-0.2, 0) is 0 Å². The van der Waals surface area contributed by atoms with Gasteiger partial charge in [0, 0.05) is 30.1 Å². The van der Waals surface area contributed by atoms with Gasteiger partial charge in [-0.3, -0.25) is 9.78 Å². The van der Waals surface area contributed by atoms with Gasteiger partial charge in [0.1, 0.15) is 11.5 Å². The summed E-state index contributed by atoms with van der Waals surface area (Å²) in [4.78, 5) is 16.3. The van der Waals surface area contributed by atoms with Crippen LogP contribution in [0.15, 0.2) is 42.7 Å². The van der Waals surface area contributed by atoms with E-state index in [1.54, 1.807) is 42.7 Å². The van der Waals surface area contributed by atoms with Crippen molar-refractivity contribution in [1.29, 1.82) is 0 Å². The molecule has 6 heteroatoms. The predicted octanol–water partition coefficient (Wildman–Crippen LogP) is 3.81. The van der Waals surface area contributed by atoms with Gasteiger partial charge >= 0.3 is 0 Å². The molecule has 0 aliphatic heterocycles. The maximum absolute atomic E-state index is 12.4. The molecule has 5 nitrogen and oxygen atoms in total. The van der Waals surface area contributed by atoms with Gasteiger partial charge in [0.2, 0.25) is 0 Å². The number of hydrogen-bond acceptors (Lipinski definition) is 4. The highest BCUT2D eigenvalue weighted by molar-refractivity contribution is 6.32. The molecule has 2 rings (SSSR count). The van der Waals surface area contributed by atoms with Crippen molar-refractivity contribution in [2.75, 3.05) is 6.61 Å². The second kappa shape index (κ2) is 8.13. The summed E-state index contributed by atoms with van der Waals surface area (Å²) in [5, 5.41) is 12.4. The second-order valence-corrected chi connectivity index (χ2v) is 6.18. The normalized spacial score (nSPS) is 13.2. The van der Waals surface area contributed by atoms with E-state index in [2.05, 4.69) is 10.3 Å². The average Bonchev–Trinajstić information content (AvgIpc) is 2.57. The van der Waals surface area contributed by atoms with Crippen LogP contribution >= 0.6 is 11.6 Å². The molecule has 0 fully saturated rings. The fourth-order valence-electron chi connectivity index (χ4n) is 2.18. The van der Waals surface area contributed by atoms with Crippen LogP contribution in [0.4, 0.5) is 0 Å². The van der Waals surface area contributed by atoms with Crippen molar-refractivity contribution >= 4 is 17.5 Å². The van der Waals surface area contributed by atoms with E-state index in [4.69, 9.17) is 21.4 Å². The fourth-order valence-corrected chi connectivity index (χ4v) is 2.40. The number of benzene rings is 1. The Morgan fingerprint density at radius 2 is 2.04 bits per heavy atom. The molecule has 0 bridgehead atoms. The lowest BCUT2D eigenvalue weighted by Gasteiger charge is -2.29. The minimum Gasteiger partial charge on any atom is -0.456 e. The molecule has 0 saturated carbocycles. The molecule has 1 heterocycles. The number of hydrogen-bond donors (Lipinski definition) is 2. The third kappa shape index (κ3) is 4.69. The molecular weight excluding hydrogens is 328 g/mol. The summed E-state index contributed by atoms with van der Waals surface area (Å²) >= 11 is 6.23. The monoisotopic (exact) mass is 348 g/mol. The van der Waals surface area contributed by atoms with Crippen molar-refractivity contribution in [3.8, 4) is 11.5 Å². The van der Waals surface area contributed by atoms with E-state index in [1.807, 2.05) is 13.8 Å². The quantitative estimate of drug-likeness (QED) is 0.798. The van der Waals surface area contributed by atoms with Crippen LogP contribution in [-0.4, -0.2) is 28.1 Å². The van der Waals surface area contributed by atoms with Gasteiger partial charge in [-0.05, 0) is 50.1 Å². The van der Waals surface area contributed by atoms with E-state index in [9.17, 15) is 4.79 Å². The molecule has 128 valence electrons. The molecule has 0 aliphatic rings. The number of ether oxygens (including phenoxy) is 1. The van der Waals surface area contributed by atoms with Crippen LogP contribution in [0.1, 0.15) is 37.0 Å². The first-order valence-corrected chi connectivity index (χ1v) is 8.16. The number of halogens is 1. The van der Waals surface area contributed by atoms with Crippen molar-refractivity contribution < 1.29 is 14.6 Å². The van der Waals surface area contributed by atoms with Crippen LogP contribution in [0, 0.1) is 0 Å². The first-order chi connectivity index (χ1) is 11.5. The van der Waals surface area contributed by atoms with Gasteiger partial charge in [-0.2, -0.15) is 0 Å². The van der Waals surface area contributed by atoms with E-state index in [1.165, 1.54) is 0 Å². The SMILES string of the molecule is CCC(C)(CCO)NC(=O)c1ccc(Oc2ccncc2)c(Cl)c1. The Morgan fingerprint density at radius 3 is 2.62 bits per heavy atom. The minimum absolute atomic E-state index is 0.0179. The van der Waals surface area contributed by atoms with Gasteiger partial charge in [0.15, 0.2) is 0 Å². The zero-order valence-corrected chi connectivity index (χ0v) is 14.5. The number of aliphatic hydroxyl groups excluding tert-OH is 1. The van der Waals surface area contributed by atoms with E-state index in [-0.39, 0.29) is 12.5 Å². The molecule has 0 saturated heterocycles. The lowest BCUT2D eigenvalue weighted by molar-refractivity contribution is 0.0886. The molecule has 24 heavy (non-hydrogen) atoms. The van der Waals surface area contributed by atoms with E-state index >= 15 is 0 Å². The molecule has 2 aromatic rings. The largest absolute Gasteiger partial charge is 0.456 e. The number of nitrogens with one attached hydrogen (secondary N) is 1. The molecule has 0 radical (unpaired) electrons. The summed E-state index contributed by atoms with van der Waals surface area (Å²) in [6, 6.07) is 8.33. The summed E-state index contributed by atoms with van der Waals surface area (Å²) in [7, 11) is 0. The fraction of sp³-hybridized carbons (Fsp3) is 0.333. The zero-order chi connectivity index (χ0) is 17.6. The molecule has 0 spiro atoms. The maximum atomic E-state index is 12.4. The third-order valence-corrected chi connectivity index (χ3v) is 4.23. The van der Waals surface area contributed by atoms with Gasteiger partial charge < -0.3 is 15.2 Å². The van der Waals surface area contributed by atoms with Crippen molar-refractivity contribution in [2.24, 2.45) is 0 Å². The number of carbonyl (C=O) groups excluding carboxylic acids is 1. The number of nitrogens with zero attached hydrogens (tertiary/aromatic N) is 1.